The van der Waals surface area contributed by atoms with Crippen LogP contribution in [0.5, 0.6) is 0 Å². The maximum absolute atomic E-state index is 13.2. The molecule has 1 amide bonds. The second-order valence-electron chi connectivity index (χ2n) is 5.79. The summed E-state index contributed by atoms with van der Waals surface area (Å²) in [5.41, 5.74) is 0.501. The third kappa shape index (κ3) is 3.61. The molecule has 1 heterocycles. The molecular weight excluding hydrogens is 344 g/mol. The molecule has 134 valence electrons. The van der Waals surface area contributed by atoms with Crippen molar-refractivity contribution in [3.05, 3.63) is 65.2 Å². The number of Topliss-reactive ketones (excluding diaryl/α,β-unsaturated/α-hetero) is 1. The summed E-state index contributed by atoms with van der Waals surface area (Å²) in [6.07, 6.45) is 1.12. The van der Waals surface area contributed by atoms with Gasteiger partial charge in [0, 0.05) is 18.5 Å². The Morgan fingerprint density at radius 1 is 1.08 bits per heavy atom. The Labute approximate surface area is 148 Å². The van der Waals surface area contributed by atoms with E-state index in [-0.39, 0.29) is 17.0 Å². The Bertz CT molecular complexity index is 882. The van der Waals surface area contributed by atoms with Crippen LogP contribution in [-0.4, -0.2) is 30.8 Å². The van der Waals surface area contributed by atoms with Crippen molar-refractivity contribution in [1.29, 1.82) is 0 Å². The zero-order chi connectivity index (χ0) is 18.7. The summed E-state index contributed by atoms with van der Waals surface area (Å²) < 4.78 is 31.1. The second-order valence-corrected chi connectivity index (χ2v) is 5.79. The predicted molar refractivity (Wildman–Crippen MR) is 89.0 cm³/mol. The van der Waals surface area contributed by atoms with Gasteiger partial charge in [-0.25, -0.2) is 13.6 Å². The minimum absolute atomic E-state index is 0.0805. The number of halogens is 2. The van der Waals surface area contributed by atoms with Gasteiger partial charge in [-0.05, 0) is 36.8 Å². The highest BCUT2D eigenvalue weighted by Crippen LogP contribution is 2.26. The number of ketones is 1. The monoisotopic (exact) mass is 359 g/mol. The van der Waals surface area contributed by atoms with Crippen molar-refractivity contribution in [1.82, 2.24) is 0 Å². The number of hydrogen-bond donors (Lipinski definition) is 0. The Hall–Kier alpha value is -3.09. The average Bonchev–Trinajstić information content (AvgIpc) is 3.07. The summed E-state index contributed by atoms with van der Waals surface area (Å²) >= 11 is 0. The number of benzene rings is 2. The number of rotatable bonds is 5. The Morgan fingerprint density at radius 2 is 1.85 bits per heavy atom. The van der Waals surface area contributed by atoms with Crippen molar-refractivity contribution < 1.29 is 27.9 Å². The first-order valence-electron chi connectivity index (χ1n) is 8.02. The first-order chi connectivity index (χ1) is 12.5. The largest absolute Gasteiger partial charge is 0.454 e. The van der Waals surface area contributed by atoms with Gasteiger partial charge < -0.3 is 9.64 Å². The SMILES string of the molecule is O=C(COC(=O)c1ccccc1N1CCCC1=O)c1ccc(F)c(F)c1. The van der Waals surface area contributed by atoms with E-state index in [1.165, 1.54) is 11.0 Å². The number of para-hydroxylation sites is 1. The maximum Gasteiger partial charge on any atom is 0.340 e. The first-order valence-corrected chi connectivity index (χ1v) is 8.02. The van der Waals surface area contributed by atoms with Gasteiger partial charge in [-0.3, -0.25) is 9.59 Å². The number of hydrogen-bond acceptors (Lipinski definition) is 4. The highest BCUT2D eigenvalue weighted by Gasteiger charge is 2.26. The minimum Gasteiger partial charge on any atom is -0.454 e. The van der Waals surface area contributed by atoms with E-state index in [9.17, 15) is 23.2 Å². The minimum atomic E-state index is -1.15. The Kier molecular flexibility index (Phi) is 5.06. The van der Waals surface area contributed by atoms with Crippen LogP contribution in [0.4, 0.5) is 14.5 Å². The number of esters is 1. The first kappa shape index (κ1) is 17.7. The molecule has 1 aliphatic rings. The van der Waals surface area contributed by atoms with Gasteiger partial charge in [0.1, 0.15) is 0 Å². The fourth-order valence-electron chi connectivity index (χ4n) is 2.75. The molecule has 1 fully saturated rings. The molecule has 0 saturated carbocycles. The molecule has 0 radical (unpaired) electrons. The van der Waals surface area contributed by atoms with E-state index in [2.05, 4.69) is 0 Å². The quantitative estimate of drug-likeness (QED) is 0.608. The molecule has 0 aliphatic carbocycles. The van der Waals surface area contributed by atoms with Crippen LogP contribution in [0, 0.1) is 11.6 Å². The van der Waals surface area contributed by atoms with Gasteiger partial charge in [-0.1, -0.05) is 12.1 Å². The molecule has 2 aromatic carbocycles. The number of carbonyl (C=O) groups is 3. The van der Waals surface area contributed by atoms with Crippen molar-refractivity contribution in [2.75, 3.05) is 18.1 Å². The van der Waals surface area contributed by atoms with Crippen LogP contribution >= 0.6 is 0 Å². The zero-order valence-corrected chi connectivity index (χ0v) is 13.7. The molecule has 0 spiro atoms. The lowest BCUT2D eigenvalue weighted by atomic mass is 10.1. The molecule has 1 saturated heterocycles. The van der Waals surface area contributed by atoms with Gasteiger partial charge in [0.05, 0.1) is 11.3 Å². The number of nitrogens with zero attached hydrogens (tertiary/aromatic N) is 1. The predicted octanol–water partition coefficient (Wildman–Crippen LogP) is 3.13. The second kappa shape index (κ2) is 7.43. The number of ether oxygens (including phenoxy) is 1. The summed E-state index contributed by atoms with van der Waals surface area (Å²) in [6, 6.07) is 9.16. The van der Waals surface area contributed by atoms with Crippen LogP contribution in [0.3, 0.4) is 0 Å². The van der Waals surface area contributed by atoms with E-state index >= 15 is 0 Å². The molecule has 2 aromatic rings. The zero-order valence-electron chi connectivity index (χ0n) is 13.7. The van der Waals surface area contributed by atoms with E-state index in [1.807, 2.05) is 0 Å². The van der Waals surface area contributed by atoms with Crippen LogP contribution in [0.2, 0.25) is 0 Å². The molecular formula is C19H15F2NO4. The molecule has 7 heteroatoms. The lowest BCUT2D eigenvalue weighted by Gasteiger charge is -2.18. The maximum atomic E-state index is 13.2. The third-order valence-electron chi connectivity index (χ3n) is 4.06. The van der Waals surface area contributed by atoms with Gasteiger partial charge in [-0.15, -0.1) is 0 Å². The summed E-state index contributed by atoms with van der Waals surface area (Å²) in [6.45, 7) is -0.108. The van der Waals surface area contributed by atoms with Crippen LogP contribution in [0.15, 0.2) is 42.5 Å². The van der Waals surface area contributed by atoms with Crippen LogP contribution in [0.25, 0.3) is 0 Å². The van der Waals surface area contributed by atoms with E-state index < -0.39 is 30.0 Å². The highest BCUT2D eigenvalue weighted by molar-refractivity contribution is 6.04. The van der Waals surface area contributed by atoms with E-state index in [0.29, 0.717) is 25.1 Å². The fraction of sp³-hybridized carbons (Fsp3) is 0.211. The van der Waals surface area contributed by atoms with E-state index in [4.69, 9.17) is 4.74 Å². The smallest absolute Gasteiger partial charge is 0.340 e. The molecule has 0 N–H and O–H groups in total. The van der Waals surface area contributed by atoms with E-state index in [1.54, 1.807) is 18.2 Å². The van der Waals surface area contributed by atoms with Crippen molar-refractivity contribution in [3.8, 4) is 0 Å². The molecule has 5 nitrogen and oxygen atoms in total. The van der Waals surface area contributed by atoms with E-state index in [0.717, 1.165) is 18.2 Å². The normalized spacial score (nSPS) is 13.8. The van der Waals surface area contributed by atoms with Gasteiger partial charge >= 0.3 is 5.97 Å². The van der Waals surface area contributed by atoms with Crippen molar-refractivity contribution in [2.45, 2.75) is 12.8 Å². The van der Waals surface area contributed by atoms with Crippen LogP contribution in [-0.2, 0) is 9.53 Å². The summed E-state index contributed by atoms with van der Waals surface area (Å²) in [5, 5.41) is 0. The summed E-state index contributed by atoms with van der Waals surface area (Å²) in [7, 11) is 0. The van der Waals surface area contributed by atoms with Crippen LogP contribution in [0.1, 0.15) is 33.6 Å². The van der Waals surface area contributed by atoms with Gasteiger partial charge in [0.25, 0.3) is 0 Å². The van der Waals surface area contributed by atoms with Crippen LogP contribution < -0.4 is 4.90 Å². The Balaban J connectivity index is 1.71. The Morgan fingerprint density at radius 3 is 2.54 bits per heavy atom. The average molecular weight is 359 g/mol. The number of carbonyl (C=O) groups excluding carboxylic acids is 3. The molecule has 0 atom stereocenters. The van der Waals surface area contributed by atoms with Gasteiger partial charge in [0.2, 0.25) is 5.91 Å². The molecule has 0 aromatic heterocycles. The summed E-state index contributed by atoms with van der Waals surface area (Å²) in [5.74, 6) is -3.73. The topological polar surface area (TPSA) is 63.7 Å². The van der Waals surface area contributed by atoms with Crippen molar-refractivity contribution >= 4 is 23.3 Å². The van der Waals surface area contributed by atoms with Gasteiger partial charge in [-0.2, -0.15) is 0 Å². The van der Waals surface area contributed by atoms with Crippen molar-refractivity contribution in [2.24, 2.45) is 0 Å². The number of anilines is 1. The molecule has 0 bridgehead atoms. The molecule has 1 aliphatic heterocycles. The highest BCUT2D eigenvalue weighted by atomic mass is 19.2. The lowest BCUT2D eigenvalue weighted by Crippen LogP contribution is -2.26. The molecule has 0 unspecified atom stereocenters. The number of amides is 1. The lowest BCUT2D eigenvalue weighted by molar-refractivity contribution is -0.117. The fourth-order valence-corrected chi connectivity index (χ4v) is 2.75. The van der Waals surface area contributed by atoms with Gasteiger partial charge in [0.15, 0.2) is 24.0 Å². The summed E-state index contributed by atoms with van der Waals surface area (Å²) in [4.78, 5) is 37.8. The standard InChI is InChI=1S/C19H15F2NO4/c20-14-8-7-12(10-15(14)21)17(23)11-26-19(25)13-4-1-2-5-16(13)22-9-3-6-18(22)24/h1-2,4-5,7-8,10H,3,6,9,11H2. The molecule has 3 rings (SSSR count). The van der Waals surface area contributed by atoms with Crippen molar-refractivity contribution in [3.63, 3.8) is 0 Å². The third-order valence-corrected chi connectivity index (χ3v) is 4.06. The molecule has 26 heavy (non-hydrogen) atoms.